The van der Waals surface area contributed by atoms with Crippen molar-refractivity contribution in [3.8, 4) is 0 Å². The number of nitrogens with zero attached hydrogens (tertiary/aromatic N) is 3. The molecule has 2 aliphatic heterocycles. The van der Waals surface area contributed by atoms with Gasteiger partial charge in [0.1, 0.15) is 5.82 Å². The molecule has 142 valence electrons. The first kappa shape index (κ1) is 16.8. The lowest BCUT2D eigenvalue weighted by Crippen LogP contribution is -2.43. The van der Waals surface area contributed by atoms with Crippen molar-refractivity contribution in [2.75, 3.05) is 36.0 Å². The predicted molar refractivity (Wildman–Crippen MR) is 105 cm³/mol. The number of ether oxygens (including phenoxy) is 1. The molecule has 6 nitrogen and oxygen atoms in total. The molecule has 3 fully saturated rings. The van der Waals surface area contributed by atoms with E-state index in [0.717, 1.165) is 49.7 Å². The van der Waals surface area contributed by atoms with Crippen molar-refractivity contribution in [3.05, 3.63) is 52.3 Å². The highest BCUT2D eigenvalue weighted by molar-refractivity contribution is 5.47. The summed E-state index contributed by atoms with van der Waals surface area (Å²) in [5.41, 5.74) is 1.27. The van der Waals surface area contributed by atoms with E-state index in [1.807, 2.05) is 0 Å². The average Bonchev–Trinajstić information content (AvgIpc) is 3.36. The van der Waals surface area contributed by atoms with Crippen LogP contribution in [0.2, 0.25) is 0 Å². The van der Waals surface area contributed by atoms with Crippen LogP contribution in [0.5, 0.6) is 0 Å². The van der Waals surface area contributed by atoms with Crippen LogP contribution in [0.25, 0.3) is 0 Å². The van der Waals surface area contributed by atoms with Gasteiger partial charge < -0.3 is 14.5 Å². The monoisotopic (exact) mass is 366 g/mol. The third-order valence-electron chi connectivity index (χ3n) is 6.14. The zero-order valence-corrected chi connectivity index (χ0v) is 15.7. The zero-order valence-electron chi connectivity index (χ0n) is 15.7. The summed E-state index contributed by atoms with van der Waals surface area (Å²) in [6, 6.07) is 12.7. The van der Waals surface area contributed by atoms with Gasteiger partial charge >= 0.3 is 0 Å². The standard InChI is InChI=1S/C21H26N4O2/c1-14-12-24(7-8-27-14)19-11-20(26)23-21(22-19)25-13-16-10-17(16)18(25)9-15-5-3-2-4-6-15/h2-6,11,14,16-18H,7-10,12-13H2,1H3,(H,22,23,26)/t14-,16-,17-,18+/m1/s1. The summed E-state index contributed by atoms with van der Waals surface area (Å²) >= 11 is 0. The van der Waals surface area contributed by atoms with Gasteiger partial charge in [-0.2, -0.15) is 4.98 Å². The smallest absolute Gasteiger partial charge is 0.254 e. The quantitative estimate of drug-likeness (QED) is 0.898. The Balaban J connectivity index is 1.42. The molecule has 4 atom stereocenters. The largest absolute Gasteiger partial charge is 0.375 e. The van der Waals surface area contributed by atoms with Crippen LogP contribution in [-0.4, -0.2) is 48.4 Å². The Morgan fingerprint density at radius 1 is 1.26 bits per heavy atom. The molecule has 1 aromatic heterocycles. The van der Waals surface area contributed by atoms with Crippen molar-refractivity contribution < 1.29 is 4.74 Å². The summed E-state index contributed by atoms with van der Waals surface area (Å²) in [7, 11) is 0. The summed E-state index contributed by atoms with van der Waals surface area (Å²) in [4.78, 5) is 24.7. The van der Waals surface area contributed by atoms with E-state index in [0.29, 0.717) is 12.6 Å². The minimum atomic E-state index is -0.0758. The maximum Gasteiger partial charge on any atom is 0.254 e. The fourth-order valence-electron chi connectivity index (χ4n) is 4.69. The summed E-state index contributed by atoms with van der Waals surface area (Å²) in [5.74, 6) is 2.96. The van der Waals surface area contributed by atoms with Gasteiger partial charge in [-0.15, -0.1) is 0 Å². The summed E-state index contributed by atoms with van der Waals surface area (Å²) in [6.07, 6.45) is 2.47. The third kappa shape index (κ3) is 3.34. The number of hydrogen-bond acceptors (Lipinski definition) is 5. The Morgan fingerprint density at radius 3 is 2.93 bits per heavy atom. The molecular weight excluding hydrogens is 340 g/mol. The van der Waals surface area contributed by atoms with Crippen molar-refractivity contribution >= 4 is 11.8 Å². The molecule has 6 heteroatoms. The van der Waals surface area contributed by atoms with Crippen molar-refractivity contribution in [2.24, 2.45) is 11.8 Å². The van der Waals surface area contributed by atoms with Gasteiger partial charge in [-0.3, -0.25) is 9.78 Å². The first-order valence-electron chi connectivity index (χ1n) is 9.96. The van der Waals surface area contributed by atoms with Gasteiger partial charge in [0, 0.05) is 31.7 Å². The first-order valence-corrected chi connectivity index (χ1v) is 9.96. The molecule has 1 aliphatic carbocycles. The highest BCUT2D eigenvalue weighted by atomic mass is 16.5. The average molecular weight is 366 g/mol. The Bertz CT molecular complexity index is 868. The minimum absolute atomic E-state index is 0.0758. The molecular formula is C21H26N4O2. The summed E-state index contributed by atoms with van der Waals surface area (Å²) in [6.45, 7) is 5.28. The minimum Gasteiger partial charge on any atom is -0.375 e. The summed E-state index contributed by atoms with van der Waals surface area (Å²) < 4.78 is 5.63. The number of H-pyrrole nitrogens is 1. The molecule has 2 saturated heterocycles. The zero-order chi connectivity index (χ0) is 18.4. The number of nitrogens with one attached hydrogen (secondary N) is 1. The number of anilines is 2. The van der Waals surface area contributed by atoms with Gasteiger partial charge in [-0.05, 0) is 37.2 Å². The van der Waals surface area contributed by atoms with E-state index < -0.39 is 0 Å². The van der Waals surface area contributed by atoms with E-state index in [2.05, 4.69) is 52.0 Å². The highest BCUT2D eigenvalue weighted by Crippen LogP contribution is 2.51. The highest BCUT2D eigenvalue weighted by Gasteiger charge is 2.52. The van der Waals surface area contributed by atoms with E-state index in [4.69, 9.17) is 9.72 Å². The molecule has 27 heavy (non-hydrogen) atoms. The predicted octanol–water partition coefficient (Wildman–Crippen LogP) is 2.06. The SMILES string of the molecule is C[C@@H]1CN(c2cc(=O)[nH]c(N3C[C@H]4C[C@H]4[C@@H]3Cc3ccccc3)n2)CCO1. The molecule has 0 amide bonds. The topological polar surface area (TPSA) is 61.5 Å². The van der Waals surface area contributed by atoms with Crippen LogP contribution in [0.1, 0.15) is 18.9 Å². The molecule has 1 N–H and O–H groups in total. The maximum atomic E-state index is 12.4. The van der Waals surface area contributed by atoms with E-state index in [9.17, 15) is 4.79 Å². The van der Waals surface area contributed by atoms with Crippen molar-refractivity contribution in [1.82, 2.24) is 9.97 Å². The number of aromatic amines is 1. The number of morpholine rings is 1. The van der Waals surface area contributed by atoms with Gasteiger partial charge in [0.05, 0.1) is 12.7 Å². The van der Waals surface area contributed by atoms with Crippen molar-refractivity contribution in [3.63, 3.8) is 0 Å². The van der Waals surface area contributed by atoms with Crippen LogP contribution in [-0.2, 0) is 11.2 Å². The first-order chi connectivity index (χ1) is 13.2. The molecule has 0 spiro atoms. The Hall–Kier alpha value is -2.34. The van der Waals surface area contributed by atoms with Gasteiger partial charge in [-0.25, -0.2) is 0 Å². The molecule has 0 unspecified atom stereocenters. The van der Waals surface area contributed by atoms with E-state index in [1.54, 1.807) is 6.07 Å². The van der Waals surface area contributed by atoms with Gasteiger partial charge in [-0.1, -0.05) is 30.3 Å². The van der Waals surface area contributed by atoms with Crippen LogP contribution >= 0.6 is 0 Å². The third-order valence-corrected chi connectivity index (χ3v) is 6.14. The number of benzene rings is 1. The van der Waals surface area contributed by atoms with Crippen LogP contribution in [0.15, 0.2) is 41.2 Å². The van der Waals surface area contributed by atoms with Crippen LogP contribution in [0.3, 0.4) is 0 Å². The number of aromatic nitrogens is 2. The van der Waals surface area contributed by atoms with Crippen LogP contribution in [0.4, 0.5) is 11.8 Å². The lowest BCUT2D eigenvalue weighted by atomic mass is 10.0. The molecule has 1 aromatic carbocycles. The lowest BCUT2D eigenvalue weighted by Gasteiger charge is -2.33. The second-order valence-electron chi connectivity index (χ2n) is 8.12. The molecule has 5 rings (SSSR count). The Morgan fingerprint density at radius 2 is 2.11 bits per heavy atom. The van der Waals surface area contributed by atoms with Gasteiger partial charge in [0.15, 0.2) is 0 Å². The normalized spacial score (nSPS) is 29.7. The lowest BCUT2D eigenvalue weighted by molar-refractivity contribution is 0.0529. The van der Waals surface area contributed by atoms with Gasteiger partial charge in [0.25, 0.3) is 5.56 Å². The van der Waals surface area contributed by atoms with Crippen LogP contribution in [0, 0.1) is 11.8 Å². The number of rotatable bonds is 4. The second-order valence-corrected chi connectivity index (χ2v) is 8.12. The maximum absolute atomic E-state index is 12.4. The fraction of sp³-hybridized carbons (Fsp3) is 0.524. The molecule has 1 saturated carbocycles. The number of fused-ring (bicyclic) bond motifs is 1. The second kappa shape index (κ2) is 6.68. The molecule has 3 aliphatic rings. The van der Waals surface area contributed by atoms with Crippen molar-refractivity contribution in [1.29, 1.82) is 0 Å². The summed E-state index contributed by atoms with van der Waals surface area (Å²) in [5, 5.41) is 0. The molecule has 0 radical (unpaired) electrons. The Kier molecular flexibility index (Phi) is 4.16. The molecule has 2 aromatic rings. The van der Waals surface area contributed by atoms with E-state index in [-0.39, 0.29) is 11.7 Å². The van der Waals surface area contributed by atoms with E-state index in [1.165, 1.54) is 12.0 Å². The van der Waals surface area contributed by atoms with Crippen molar-refractivity contribution in [2.45, 2.75) is 31.9 Å². The van der Waals surface area contributed by atoms with Crippen LogP contribution < -0.4 is 15.4 Å². The number of hydrogen-bond donors (Lipinski definition) is 1. The van der Waals surface area contributed by atoms with Gasteiger partial charge in [0.2, 0.25) is 5.95 Å². The fourth-order valence-corrected chi connectivity index (χ4v) is 4.69. The molecule has 0 bridgehead atoms. The van der Waals surface area contributed by atoms with E-state index >= 15 is 0 Å². The number of piperidine rings is 1. The Labute approximate surface area is 159 Å². The molecule has 3 heterocycles.